The number of likely N-dealkylation sites (tertiary alicyclic amines) is 2. The number of nitrogens with zero attached hydrogens (tertiary/aromatic N) is 2. The SMILES string of the molecule is Cc1ccc(/C=C2\CN(Cc3ccccc3)C[C@@]3(C2=O)[C@@H](c2ccc(C)cc2)CN(C)C32C(=O)c3ccccc3C2=O)cc1. The fraction of sp³-hybridized carbons (Fsp3) is 0.256. The third kappa shape index (κ3) is 4.10. The highest BCUT2D eigenvalue weighted by molar-refractivity contribution is 6.36. The normalized spacial score (nSPS) is 24.1. The van der Waals surface area contributed by atoms with Gasteiger partial charge in [0.2, 0.25) is 0 Å². The lowest BCUT2D eigenvalue weighted by Crippen LogP contribution is -2.69. The molecule has 0 amide bonds. The molecule has 4 aromatic carbocycles. The molecule has 4 aromatic rings. The van der Waals surface area contributed by atoms with Crippen LogP contribution in [0.4, 0.5) is 0 Å². The molecule has 2 atom stereocenters. The molecule has 0 bridgehead atoms. The summed E-state index contributed by atoms with van der Waals surface area (Å²) in [6.07, 6.45) is 1.97. The molecule has 0 N–H and O–H groups in total. The molecule has 7 rings (SSSR count). The molecule has 5 nitrogen and oxygen atoms in total. The predicted octanol–water partition coefficient (Wildman–Crippen LogP) is 6.31. The van der Waals surface area contributed by atoms with Gasteiger partial charge in [0.25, 0.3) is 0 Å². The second kappa shape index (κ2) is 10.6. The van der Waals surface area contributed by atoms with Crippen LogP contribution < -0.4 is 0 Å². The van der Waals surface area contributed by atoms with Crippen molar-refractivity contribution in [2.24, 2.45) is 5.41 Å². The molecule has 2 heterocycles. The lowest BCUT2D eigenvalue weighted by Gasteiger charge is -2.50. The minimum Gasteiger partial charge on any atom is -0.294 e. The number of Topliss-reactive ketones (excluding diaryl/α,β-unsaturated/α-hetero) is 3. The summed E-state index contributed by atoms with van der Waals surface area (Å²) in [5.74, 6) is -1.01. The molecule has 0 aromatic heterocycles. The first kappa shape index (κ1) is 28.3. The number of hydrogen-bond acceptors (Lipinski definition) is 5. The Labute approximate surface area is 258 Å². The molecule has 1 aliphatic carbocycles. The third-order valence-corrected chi connectivity index (χ3v) is 10.1. The smallest absolute Gasteiger partial charge is 0.192 e. The Morgan fingerprint density at radius 3 is 1.91 bits per heavy atom. The Morgan fingerprint density at radius 2 is 1.30 bits per heavy atom. The van der Waals surface area contributed by atoms with Crippen molar-refractivity contribution in [1.82, 2.24) is 9.80 Å². The Morgan fingerprint density at radius 1 is 0.727 bits per heavy atom. The minimum atomic E-state index is -1.65. The molecule has 0 unspecified atom stereocenters. The number of aryl methyl sites for hydroxylation is 2. The van der Waals surface area contributed by atoms with Crippen molar-refractivity contribution in [1.29, 1.82) is 0 Å². The third-order valence-electron chi connectivity index (χ3n) is 10.1. The van der Waals surface area contributed by atoms with Gasteiger partial charge in [0.15, 0.2) is 22.9 Å². The Hall–Kier alpha value is -4.45. The number of carbonyl (C=O) groups excluding carboxylic acids is 3. The summed E-state index contributed by atoms with van der Waals surface area (Å²) in [6.45, 7) is 5.81. The Balaban J connectivity index is 1.48. The van der Waals surface area contributed by atoms with E-state index in [1.165, 1.54) is 0 Å². The van der Waals surface area contributed by atoms with Gasteiger partial charge in [0.1, 0.15) is 0 Å². The molecule has 5 heteroatoms. The van der Waals surface area contributed by atoms with Crippen molar-refractivity contribution < 1.29 is 14.4 Å². The van der Waals surface area contributed by atoms with Gasteiger partial charge < -0.3 is 0 Å². The number of piperidine rings is 1. The zero-order valence-electron chi connectivity index (χ0n) is 25.4. The topological polar surface area (TPSA) is 57.7 Å². The molecule has 0 saturated carbocycles. The highest BCUT2D eigenvalue weighted by Crippen LogP contribution is 2.61. The van der Waals surface area contributed by atoms with Gasteiger partial charge in [-0.15, -0.1) is 0 Å². The molecule has 2 spiro atoms. The van der Waals surface area contributed by atoms with Gasteiger partial charge in [-0.25, -0.2) is 0 Å². The summed E-state index contributed by atoms with van der Waals surface area (Å²) in [5, 5.41) is 0. The van der Waals surface area contributed by atoms with Gasteiger partial charge >= 0.3 is 0 Å². The maximum absolute atomic E-state index is 15.4. The van der Waals surface area contributed by atoms with Gasteiger partial charge in [0, 0.05) is 48.8 Å². The van der Waals surface area contributed by atoms with E-state index in [4.69, 9.17) is 0 Å². The second-order valence-corrected chi connectivity index (χ2v) is 12.8. The number of hydrogen-bond donors (Lipinski definition) is 0. The summed E-state index contributed by atoms with van der Waals surface area (Å²) in [4.78, 5) is 49.2. The Kier molecular flexibility index (Phi) is 6.84. The lowest BCUT2D eigenvalue weighted by molar-refractivity contribution is -0.132. The van der Waals surface area contributed by atoms with Crippen LogP contribution in [0.2, 0.25) is 0 Å². The summed E-state index contributed by atoms with van der Waals surface area (Å²) in [7, 11) is 1.85. The number of benzene rings is 4. The maximum Gasteiger partial charge on any atom is 0.192 e. The molecule has 2 aliphatic heterocycles. The van der Waals surface area contributed by atoms with Crippen LogP contribution in [-0.2, 0) is 11.3 Å². The summed E-state index contributed by atoms with van der Waals surface area (Å²) >= 11 is 0. The quantitative estimate of drug-likeness (QED) is 0.209. The largest absolute Gasteiger partial charge is 0.294 e. The van der Waals surface area contributed by atoms with Gasteiger partial charge in [-0.1, -0.05) is 114 Å². The number of fused-ring (bicyclic) bond motifs is 2. The molecule has 220 valence electrons. The summed E-state index contributed by atoms with van der Waals surface area (Å²) < 4.78 is 0. The number of carbonyl (C=O) groups is 3. The fourth-order valence-corrected chi connectivity index (χ4v) is 8.03. The molecule has 2 saturated heterocycles. The summed E-state index contributed by atoms with van der Waals surface area (Å²) in [6, 6.07) is 33.6. The summed E-state index contributed by atoms with van der Waals surface area (Å²) in [5.41, 5.74) is 3.72. The van der Waals surface area contributed by atoms with Gasteiger partial charge in [0.05, 0.1) is 5.41 Å². The molecule has 3 aliphatic rings. The van der Waals surface area contributed by atoms with Crippen LogP contribution in [0, 0.1) is 19.3 Å². The minimum absolute atomic E-state index is 0.105. The van der Waals surface area contributed by atoms with Gasteiger partial charge in [-0.05, 0) is 43.7 Å². The van der Waals surface area contributed by atoms with Crippen LogP contribution >= 0.6 is 0 Å². The Bertz CT molecular complexity index is 1770. The highest BCUT2D eigenvalue weighted by atomic mass is 16.2. The van der Waals surface area contributed by atoms with E-state index in [-0.39, 0.29) is 23.3 Å². The standard InChI is InChI=1S/C39H36N2O3/c1-26-13-17-28(18-14-26)21-31-23-41(22-29-9-5-4-6-10-29)25-38(35(31)42)34(30-19-15-27(2)16-20-30)24-40(3)39(38)36(43)32-11-7-8-12-33(32)37(39)44/h4-21,34H,22-25H2,1-3H3/b31-21+/t34-,38+/m1/s1. The van der Waals surface area contributed by atoms with Crippen molar-refractivity contribution in [2.45, 2.75) is 31.8 Å². The van der Waals surface area contributed by atoms with E-state index >= 15 is 4.79 Å². The van der Waals surface area contributed by atoms with E-state index in [0.717, 1.165) is 27.8 Å². The van der Waals surface area contributed by atoms with Crippen LogP contribution in [-0.4, -0.2) is 59.4 Å². The van der Waals surface area contributed by atoms with E-state index in [9.17, 15) is 9.59 Å². The van der Waals surface area contributed by atoms with Crippen LogP contribution in [0.5, 0.6) is 0 Å². The second-order valence-electron chi connectivity index (χ2n) is 12.8. The zero-order valence-corrected chi connectivity index (χ0v) is 25.4. The van der Waals surface area contributed by atoms with E-state index in [2.05, 4.69) is 41.3 Å². The van der Waals surface area contributed by atoms with Crippen LogP contribution in [0.1, 0.15) is 54.5 Å². The van der Waals surface area contributed by atoms with Crippen molar-refractivity contribution in [3.8, 4) is 0 Å². The fourth-order valence-electron chi connectivity index (χ4n) is 8.03. The van der Waals surface area contributed by atoms with Crippen molar-refractivity contribution in [3.05, 3.63) is 148 Å². The number of ketones is 3. The van der Waals surface area contributed by atoms with Crippen molar-refractivity contribution >= 4 is 23.4 Å². The molecular formula is C39H36N2O3. The number of rotatable bonds is 4. The maximum atomic E-state index is 15.4. The predicted molar refractivity (Wildman–Crippen MR) is 173 cm³/mol. The van der Waals surface area contributed by atoms with Crippen LogP contribution in [0.3, 0.4) is 0 Å². The van der Waals surface area contributed by atoms with Crippen LogP contribution in [0.15, 0.2) is 109 Å². The molecule has 44 heavy (non-hydrogen) atoms. The average Bonchev–Trinajstić information content (AvgIpc) is 3.42. The zero-order chi connectivity index (χ0) is 30.6. The van der Waals surface area contributed by atoms with E-state index in [0.29, 0.717) is 42.9 Å². The first-order valence-electron chi connectivity index (χ1n) is 15.3. The van der Waals surface area contributed by atoms with Gasteiger partial charge in [-0.3, -0.25) is 24.2 Å². The van der Waals surface area contributed by atoms with E-state index < -0.39 is 11.0 Å². The molecular weight excluding hydrogens is 544 g/mol. The van der Waals surface area contributed by atoms with E-state index in [1.54, 1.807) is 24.3 Å². The van der Waals surface area contributed by atoms with Crippen LogP contribution in [0.25, 0.3) is 6.08 Å². The van der Waals surface area contributed by atoms with Gasteiger partial charge in [-0.2, -0.15) is 0 Å². The molecule has 0 radical (unpaired) electrons. The van der Waals surface area contributed by atoms with Crippen molar-refractivity contribution in [2.75, 3.05) is 26.7 Å². The number of likely N-dealkylation sites (N-methyl/N-ethyl adjacent to an activating group) is 1. The molecule has 2 fully saturated rings. The highest BCUT2D eigenvalue weighted by Gasteiger charge is 2.77. The first-order valence-corrected chi connectivity index (χ1v) is 15.3. The monoisotopic (exact) mass is 580 g/mol. The first-order chi connectivity index (χ1) is 21.3. The van der Waals surface area contributed by atoms with Crippen molar-refractivity contribution in [3.63, 3.8) is 0 Å². The van der Waals surface area contributed by atoms with E-state index in [1.807, 2.05) is 74.3 Å². The average molecular weight is 581 g/mol. The lowest BCUT2D eigenvalue weighted by atomic mass is 9.56.